The van der Waals surface area contributed by atoms with Crippen molar-refractivity contribution in [2.45, 2.75) is 26.3 Å². The summed E-state index contributed by atoms with van der Waals surface area (Å²) in [5.74, 6) is -0.259. The Labute approximate surface area is 148 Å². The molecule has 1 N–H and O–H groups in total. The van der Waals surface area contributed by atoms with E-state index in [0.717, 1.165) is 26.0 Å². The third-order valence-electron chi connectivity index (χ3n) is 3.55. The summed E-state index contributed by atoms with van der Waals surface area (Å²) in [5, 5.41) is 6.03. The maximum absolute atomic E-state index is 12.8. The monoisotopic (exact) mass is 360 g/mol. The van der Waals surface area contributed by atoms with Crippen LogP contribution < -0.4 is 5.32 Å². The predicted octanol–water partition coefficient (Wildman–Crippen LogP) is 4.57. The predicted molar refractivity (Wildman–Crippen MR) is 96.7 cm³/mol. The number of thiophene rings is 1. The van der Waals surface area contributed by atoms with Crippen molar-refractivity contribution < 1.29 is 9.18 Å². The van der Waals surface area contributed by atoms with Gasteiger partial charge in [-0.2, -0.15) is 0 Å². The highest BCUT2D eigenvalue weighted by atomic mass is 32.1. The molecule has 6 heteroatoms. The van der Waals surface area contributed by atoms with Crippen LogP contribution in [0.25, 0.3) is 10.6 Å². The van der Waals surface area contributed by atoms with Crippen LogP contribution in [-0.4, -0.2) is 10.9 Å². The minimum atomic E-state index is -0.257. The molecule has 0 aliphatic heterocycles. The normalized spacial score (nSPS) is 10.8. The molecule has 0 saturated carbocycles. The largest absolute Gasteiger partial charge is 0.351 e. The van der Waals surface area contributed by atoms with E-state index in [4.69, 9.17) is 0 Å². The lowest BCUT2D eigenvalue weighted by molar-refractivity contribution is -0.121. The first-order valence-corrected chi connectivity index (χ1v) is 9.32. The van der Waals surface area contributed by atoms with E-state index >= 15 is 0 Å². The molecule has 0 fully saturated rings. The summed E-state index contributed by atoms with van der Waals surface area (Å²) < 4.78 is 12.8. The number of amides is 1. The van der Waals surface area contributed by atoms with Crippen molar-refractivity contribution in [3.05, 3.63) is 63.0 Å². The minimum absolute atomic E-state index is 0.00113. The molecule has 0 unspecified atom stereocenters. The van der Waals surface area contributed by atoms with Gasteiger partial charge in [-0.1, -0.05) is 12.1 Å². The molecule has 3 nitrogen and oxygen atoms in total. The Balaban J connectivity index is 1.48. The Morgan fingerprint density at radius 3 is 2.71 bits per heavy atom. The second kappa shape index (κ2) is 7.68. The van der Waals surface area contributed by atoms with Gasteiger partial charge in [-0.3, -0.25) is 4.79 Å². The number of thiazole rings is 1. The summed E-state index contributed by atoms with van der Waals surface area (Å²) in [6.45, 7) is 2.51. The number of nitrogens with one attached hydrogen (secondary N) is 1. The highest BCUT2D eigenvalue weighted by Crippen LogP contribution is 2.28. The Morgan fingerprint density at radius 1 is 1.21 bits per heavy atom. The fourth-order valence-corrected chi connectivity index (χ4v) is 3.87. The summed E-state index contributed by atoms with van der Waals surface area (Å²) in [5.41, 5.74) is 1.96. The van der Waals surface area contributed by atoms with Crippen molar-refractivity contribution in [2.24, 2.45) is 0 Å². The average molecular weight is 360 g/mol. The zero-order valence-corrected chi connectivity index (χ0v) is 14.8. The fraction of sp³-hybridized carbons (Fsp3) is 0.222. The van der Waals surface area contributed by atoms with Gasteiger partial charge in [0.1, 0.15) is 5.82 Å². The SMILES string of the molecule is Cc1nc(-c2ccc(CNC(=O)CCc3ccc(F)cc3)s2)cs1. The van der Waals surface area contributed by atoms with E-state index in [1.54, 1.807) is 34.8 Å². The van der Waals surface area contributed by atoms with Crippen LogP contribution in [0.4, 0.5) is 4.39 Å². The van der Waals surface area contributed by atoms with E-state index in [-0.39, 0.29) is 11.7 Å². The molecule has 2 aromatic heterocycles. The van der Waals surface area contributed by atoms with Crippen LogP contribution in [-0.2, 0) is 17.8 Å². The van der Waals surface area contributed by atoms with Crippen molar-refractivity contribution in [3.63, 3.8) is 0 Å². The molecule has 3 rings (SSSR count). The molecule has 3 aromatic rings. The van der Waals surface area contributed by atoms with Gasteiger partial charge in [0, 0.05) is 16.7 Å². The zero-order valence-electron chi connectivity index (χ0n) is 13.2. The quantitative estimate of drug-likeness (QED) is 0.700. The van der Waals surface area contributed by atoms with Gasteiger partial charge in [-0.25, -0.2) is 9.37 Å². The van der Waals surface area contributed by atoms with Crippen LogP contribution in [0, 0.1) is 12.7 Å². The molecular formula is C18H17FN2OS2. The van der Waals surface area contributed by atoms with E-state index in [9.17, 15) is 9.18 Å². The van der Waals surface area contributed by atoms with Crippen LogP contribution in [0.15, 0.2) is 41.8 Å². The Morgan fingerprint density at radius 2 is 2.00 bits per heavy atom. The second-order valence-electron chi connectivity index (χ2n) is 5.42. The number of hydrogen-bond acceptors (Lipinski definition) is 4. The van der Waals surface area contributed by atoms with Gasteiger partial charge < -0.3 is 5.32 Å². The molecule has 1 amide bonds. The number of carbonyl (C=O) groups is 1. The van der Waals surface area contributed by atoms with Gasteiger partial charge in [0.2, 0.25) is 5.91 Å². The fourth-order valence-electron chi connectivity index (χ4n) is 2.27. The topological polar surface area (TPSA) is 42.0 Å². The van der Waals surface area contributed by atoms with Gasteiger partial charge in [-0.15, -0.1) is 22.7 Å². The second-order valence-corrected chi connectivity index (χ2v) is 7.65. The molecule has 124 valence electrons. The highest BCUT2D eigenvalue weighted by Gasteiger charge is 2.08. The smallest absolute Gasteiger partial charge is 0.220 e. The molecule has 24 heavy (non-hydrogen) atoms. The van der Waals surface area contributed by atoms with Gasteiger partial charge in [-0.05, 0) is 43.2 Å². The molecule has 1 aromatic carbocycles. The summed E-state index contributed by atoms with van der Waals surface area (Å²) in [6.07, 6.45) is 1.01. The number of halogens is 1. The molecule has 2 heterocycles. The zero-order chi connectivity index (χ0) is 16.9. The summed E-state index contributed by atoms with van der Waals surface area (Å²) in [7, 11) is 0. The summed E-state index contributed by atoms with van der Waals surface area (Å²) in [4.78, 5) is 18.6. The third-order valence-corrected chi connectivity index (χ3v) is 5.43. The molecule has 0 aliphatic rings. The number of rotatable bonds is 6. The number of aromatic nitrogens is 1. The Kier molecular flexibility index (Phi) is 5.37. The van der Waals surface area contributed by atoms with Gasteiger partial charge in [0.25, 0.3) is 0 Å². The standard InChI is InChI=1S/C18H17FN2OS2/c1-12-21-16(11-23-12)17-8-7-15(24-17)10-20-18(22)9-4-13-2-5-14(19)6-3-13/h2-3,5-8,11H,4,9-10H2,1H3,(H,20,22). The first-order valence-electron chi connectivity index (χ1n) is 7.62. The van der Waals surface area contributed by atoms with Crippen molar-refractivity contribution in [2.75, 3.05) is 0 Å². The van der Waals surface area contributed by atoms with Crippen molar-refractivity contribution in [1.29, 1.82) is 0 Å². The highest BCUT2D eigenvalue weighted by molar-refractivity contribution is 7.16. The summed E-state index contributed by atoms with van der Waals surface area (Å²) >= 11 is 3.28. The lowest BCUT2D eigenvalue weighted by Gasteiger charge is -2.04. The summed E-state index contributed by atoms with van der Waals surface area (Å²) in [6, 6.07) is 10.3. The number of benzene rings is 1. The Hall–Kier alpha value is -2.05. The van der Waals surface area contributed by atoms with E-state index in [0.29, 0.717) is 19.4 Å². The number of nitrogens with zero attached hydrogens (tertiary/aromatic N) is 1. The van der Waals surface area contributed by atoms with Crippen molar-refractivity contribution >= 4 is 28.6 Å². The van der Waals surface area contributed by atoms with Crippen molar-refractivity contribution in [1.82, 2.24) is 10.3 Å². The van der Waals surface area contributed by atoms with Crippen LogP contribution in [0.1, 0.15) is 21.9 Å². The lowest BCUT2D eigenvalue weighted by Crippen LogP contribution is -2.22. The number of hydrogen-bond donors (Lipinski definition) is 1. The number of aryl methyl sites for hydroxylation is 2. The maximum Gasteiger partial charge on any atom is 0.220 e. The van der Waals surface area contributed by atoms with Crippen LogP contribution >= 0.6 is 22.7 Å². The molecule has 0 saturated heterocycles. The number of carbonyl (C=O) groups excluding carboxylic acids is 1. The Bertz CT molecular complexity index is 824. The van der Waals surface area contributed by atoms with Gasteiger partial charge >= 0.3 is 0 Å². The van der Waals surface area contributed by atoms with E-state index in [2.05, 4.69) is 10.3 Å². The molecule has 0 aliphatic carbocycles. The molecule has 0 spiro atoms. The first-order chi connectivity index (χ1) is 11.6. The molecule has 0 radical (unpaired) electrons. The van der Waals surface area contributed by atoms with Crippen LogP contribution in [0.5, 0.6) is 0 Å². The average Bonchev–Trinajstić information content (AvgIpc) is 3.21. The van der Waals surface area contributed by atoms with Crippen LogP contribution in [0.3, 0.4) is 0 Å². The first kappa shape index (κ1) is 16.8. The molecule has 0 bridgehead atoms. The van der Waals surface area contributed by atoms with E-state index in [1.807, 2.05) is 24.4 Å². The lowest BCUT2D eigenvalue weighted by atomic mass is 10.1. The van der Waals surface area contributed by atoms with Crippen molar-refractivity contribution in [3.8, 4) is 10.6 Å². The van der Waals surface area contributed by atoms with Gasteiger partial charge in [0.05, 0.1) is 22.1 Å². The maximum atomic E-state index is 12.8. The van der Waals surface area contributed by atoms with Gasteiger partial charge in [0.15, 0.2) is 0 Å². The van der Waals surface area contributed by atoms with E-state index in [1.165, 1.54) is 12.1 Å². The molecular weight excluding hydrogens is 343 g/mol. The van der Waals surface area contributed by atoms with Crippen LogP contribution in [0.2, 0.25) is 0 Å². The van der Waals surface area contributed by atoms with E-state index < -0.39 is 0 Å². The third kappa shape index (κ3) is 4.49. The molecule has 0 atom stereocenters. The minimum Gasteiger partial charge on any atom is -0.351 e.